The van der Waals surface area contributed by atoms with Crippen molar-refractivity contribution in [3.05, 3.63) is 194 Å². The summed E-state index contributed by atoms with van der Waals surface area (Å²) >= 11 is 0. The molecule has 0 saturated heterocycles. The van der Waals surface area contributed by atoms with Gasteiger partial charge in [0.2, 0.25) is 0 Å². The minimum atomic E-state index is -0.0850. The summed E-state index contributed by atoms with van der Waals surface area (Å²) in [5, 5.41) is 3.95. The number of hydrogen-bond acceptors (Lipinski definition) is 2. The second-order valence-corrected chi connectivity index (χ2v) is 16.8. The van der Waals surface area contributed by atoms with Crippen molar-refractivity contribution in [1.82, 2.24) is 0 Å². The molecule has 2 heteroatoms. The molecule has 0 bridgehead atoms. The number of allylic oxidation sites excluding steroid dienone is 9. The first kappa shape index (κ1) is 32.0. The SMILES string of the molecule is CC1(C)C2=C(c3ccc(C4=CCC5C(=C4)C4=C(CCCC4)c4cc(C6=CCC7N=CC=CC7=C6)ccc45)cc3)c3ccccc3NC2Cc2ccccc21. The van der Waals surface area contributed by atoms with Gasteiger partial charge in [0.25, 0.3) is 0 Å². The van der Waals surface area contributed by atoms with Crippen LogP contribution in [0.1, 0.15) is 103 Å². The third-order valence-electron chi connectivity index (χ3n) is 13.5. The van der Waals surface area contributed by atoms with Crippen LogP contribution in [-0.2, 0) is 11.8 Å². The number of anilines is 1. The highest BCUT2D eigenvalue weighted by Gasteiger charge is 2.42. The average Bonchev–Trinajstić information content (AvgIpc) is 3.22. The molecule has 0 fully saturated rings. The molecule has 0 amide bonds. The van der Waals surface area contributed by atoms with Crippen molar-refractivity contribution in [3.63, 3.8) is 0 Å². The fraction of sp³-hybridized carbons (Fsp3) is 0.250. The van der Waals surface area contributed by atoms with Gasteiger partial charge in [-0.2, -0.15) is 0 Å². The number of nitrogens with zero attached hydrogens (tertiary/aromatic N) is 1. The predicted octanol–water partition coefficient (Wildman–Crippen LogP) is 12.4. The standard InChI is InChI=1S/C52H46N2/c1-52(2)46-15-7-3-10-37(46)31-49-51(52)50(43-14-6-8-16-48(43)54-49)33-19-17-32(18-20-33)35-21-24-41-42-25-22-36(34-23-26-47-38(28-34)11-9-27-53-47)30-45(42)40-13-5-4-12-39(40)44(41)29-35/h3,6-11,14-23,25,27-30,41,47,49,54H,4-5,12-13,24,26,31H2,1-2H3. The molecular formula is C52H46N2. The van der Waals surface area contributed by atoms with Crippen LogP contribution >= 0.6 is 0 Å². The minimum absolute atomic E-state index is 0.0850. The van der Waals surface area contributed by atoms with Crippen LogP contribution < -0.4 is 5.32 Å². The van der Waals surface area contributed by atoms with E-state index in [2.05, 4.69) is 152 Å². The van der Waals surface area contributed by atoms with Crippen molar-refractivity contribution >= 4 is 34.2 Å². The number of hydrogen-bond donors (Lipinski definition) is 1. The van der Waals surface area contributed by atoms with Crippen molar-refractivity contribution in [2.45, 2.75) is 82.2 Å². The van der Waals surface area contributed by atoms with Crippen LogP contribution in [-0.4, -0.2) is 18.3 Å². The largest absolute Gasteiger partial charge is 0.378 e. The number of para-hydroxylation sites is 1. The molecular weight excluding hydrogens is 653 g/mol. The number of fused-ring (bicyclic) bond motifs is 9. The van der Waals surface area contributed by atoms with Gasteiger partial charge in [0.05, 0.1) is 12.1 Å². The maximum atomic E-state index is 4.69. The molecule has 7 aliphatic rings. The Morgan fingerprint density at radius 1 is 0.722 bits per heavy atom. The highest BCUT2D eigenvalue weighted by molar-refractivity contribution is 5.94. The van der Waals surface area contributed by atoms with Gasteiger partial charge in [-0.3, -0.25) is 4.99 Å². The van der Waals surface area contributed by atoms with E-state index < -0.39 is 0 Å². The molecule has 2 heterocycles. The Morgan fingerprint density at radius 3 is 2.39 bits per heavy atom. The Balaban J connectivity index is 0.951. The molecule has 0 saturated carbocycles. The topological polar surface area (TPSA) is 24.4 Å². The van der Waals surface area contributed by atoms with Gasteiger partial charge in [0, 0.05) is 28.8 Å². The molecule has 4 aromatic carbocycles. The maximum absolute atomic E-state index is 4.69. The minimum Gasteiger partial charge on any atom is -0.378 e. The Hall–Kier alpha value is -5.47. The van der Waals surface area contributed by atoms with E-state index in [1.165, 1.54) is 104 Å². The van der Waals surface area contributed by atoms with Crippen LogP contribution in [0.5, 0.6) is 0 Å². The molecule has 0 aromatic heterocycles. The number of benzene rings is 4. The van der Waals surface area contributed by atoms with E-state index in [0.717, 1.165) is 19.3 Å². The fourth-order valence-electron chi connectivity index (χ4n) is 11.0. The maximum Gasteiger partial charge on any atom is 0.0783 e. The summed E-state index contributed by atoms with van der Waals surface area (Å²) in [5.41, 5.74) is 24.1. The zero-order chi connectivity index (χ0) is 36.0. The van der Waals surface area contributed by atoms with Gasteiger partial charge in [-0.15, -0.1) is 0 Å². The first-order valence-corrected chi connectivity index (χ1v) is 20.2. The molecule has 0 radical (unpaired) electrons. The summed E-state index contributed by atoms with van der Waals surface area (Å²) in [5.74, 6) is 0.430. The van der Waals surface area contributed by atoms with Gasteiger partial charge in [0.1, 0.15) is 0 Å². The lowest BCUT2D eigenvalue weighted by molar-refractivity contribution is 0.531. The van der Waals surface area contributed by atoms with Crippen LogP contribution in [0.2, 0.25) is 0 Å². The molecule has 264 valence electrons. The van der Waals surface area contributed by atoms with E-state index in [4.69, 9.17) is 0 Å². The summed E-state index contributed by atoms with van der Waals surface area (Å²) in [6.07, 6.45) is 24.1. The van der Waals surface area contributed by atoms with E-state index in [-0.39, 0.29) is 17.5 Å². The summed E-state index contributed by atoms with van der Waals surface area (Å²) in [6.45, 7) is 4.85. The molecule has 5 aliphatic carbocycles. The fourth-order valence-corrected chi connectivity index (χ4v) is 11.0. The summed E-state index contributed by atoms with van der Waals surface area (Å²) in [4.78, 5) is 4.69. The van der Waals surface area contributed by atoms with Crippen molar-refractivity contribution < 1.29 is 0 Å². The van der Waals surface area contributed by atoms with Crippen molar-refractivity contribution in [1.29, 1.82) is 0 Å². The lowest BCUT2D eigenvalue weighted by atomic mass is 9.63. The normalized spacial score (nSPS) is 24.2. The lowest BCUT2D eigenvalue weighted by Crippen LogP contribution is -2.43. The molecule has 54 heavy (non-hydrogen) atoms. The third-order valence-corrected chi connectivity index (χ3v) is 13.5. The van der Waals surface area contributed by atoms with Gasteiger partial charge >= 0.3 is 0 Å². The van der Waals surface area contributed by atoms with Crippen molar-refractivity contribution in [2.24, 2.45) is 4.99 Å². The second-order valence-electron chi connectivity index (χ2n) is 16.8. The summed E-state index contributed by atoms with van der Waals surface area (Å²) < 4.78 is 0. The molecule has 11 rings (SSSR count). The average molecular weight is 699 g/mol. The van der Waals surface area contributed by atoms with Gasteiger partial charge in [-0.1, -0.05) is 117 Å². The van der Waals surface area contributed by atoms with Gasteiger partial charge in [-0.05, 0) is 153 Å². The van der Waals surface area contributed by atoms with Crippen LogP contribution in [0.15, 0.2) is 155 Å². The molecule has 0 spiro atoms. The van der Waals surface area contributed by atoms with Gasteiger partial charge in [-0.25, -0.2) is 0 Å². The highest BCUT2D eigenvalue weighted by atomic mass is 14.9. The smallest absolute Gasteiger partial charge is 0.0783 e. The Bertz CT molecular complexity index is 2520. The van der Waals surface area contributed by atoms with E-state index in [1.807, 2.05) is 6.21 Å². The zero-order valence-corrected chi connectivity index (χ0v) is 31.3. The Labute approximate surface area is 319 Å². The molecule has 1 N–H and O–H groups in total. The van der Waals surface area contributed by atoms with E-state index >= 15 is 0 Å². The van der Waals surface area contributed by atoms with Crippen LogP contribution in [0.4, 0.5) is 5.69 Å². The molecule has 4 aromatic rings. The van der Waals surface area contributed by atoms with E-state index in [1.54, 1.807) is 16.7 Å². The second kappa shape index (κ2) is 12.3. The van der Waals surface area contributed by atoms with Crippen molar-refractivity contribution in [3.8, 4) is 0 Å². The molecule has 3 unspecified atom stereocenters. The lowest BCUT2D eigenvalue weighted by Gasteiger charge is -2.45. The first-order valence-electron chi connectivity index (χ1n) is 20.2. The summed E-state index contributed by atoms with van der Waals surface area (Å²) in [7, 11) is 0. The number of dihydropyridines is 1. The number of nitrogens with one attached hydrogen (secondary N) is 1. The van der Waals surface area contributed by atoms with Gasteiger partial charge in [0.15, 0.2) is 0 Å². The van der Waals surface area contributed by atoms with Crippen LogP contribution in [0.3, 0.4) is 0 Å². The van der Waals surface area contributed by atoms with E-state index in [0.29, 0.717) is 5.92 Å². The first-order chi connectivity index (χ1) is 26.5. The van der Waals surface area contributed by atoms with Crippen molar-refractivity contribution in [2.75, 3.05) is 5.32 Å². The van der Waals surface area contributed by atoms with Crippen LogP contribution in [0.25, 0.3) is 22.3 Å². The molecule has 3 atom stereocenters. The quantitative estimate of drug-likeness (QED) is 0.226. The number of rotatable bonds is 3. The zero-order valence-electron chi connectivity index (χ0n) is 31.3. The Kier molecular flexibility index (Phi) is 7.28. The Morgan fingerprint density at radius 2 is 1.48 bits per heavy atom. The summed E-state index contributed by atoms with van der Waals surface area (Å²) in [6, 6.07) is 35.5. The number of aliphatic imine (C=N–C) groups is 1. The predicted molar refractivity (Wildman–Crippen MR) is 227 cm³/mol. The monoisotopic (exact) mass is 698 g/mol. The van der Waals surface area contributed by atoms with E-state index in [9.17, 15) is 0 Å². The third kappa shape index (κ3) is 4.95. The highest BCUT2D eigenvalue weighted by Crippen LogP contribution is 2.53. The van der Waals surface area contributed by atoms with Gasteiger partial charge < -0.3 is 5.32 Å². The van der Waals surface area contributed by atoms with Crippen LogP contribution in [0, 0.1) is 0 Å². The molecule has 2 aliphatic heterocycles. The molecule has 2 nitrogen and oxygen atoms in total.